The highest BCUT2D eigenvalue weighted by molar-refractivity contribution is 6.34. The minimum absolute atomic E-state index is 0.247. The summed E-state index contributed by atoms with van der Waals surface area (Å²) in [6, 6.07) is 0. The number of hydrogen-bond acceptors (Lipinski definition) is 3. The van der Waals surface area contributed by atoms with Crippen molar-refractivity contribution in [3.8, 4) is 0 Å². The van der Waals surface area contributed by atoms with Crippen LogP contribution < -0.4 is 10.6 Å². The number of ether oxygens (including phenoxy) is 1. The average Bonchev–Trinajstić information content (AvgIpc) is 2.78. The molecule has 0 fully saturated rings. The Morgan fingerprint density at radius 1 is 0.839 bits per heavy atom. The van der Waals surface area contributed by atoms with E-state index in [9.17, 15) is 9.59 Å². The summed E-state index contributed by atoms with van der Waals surface area (Å²) in [4.78, 5) is 22.4. The van der Waals surface area contributed by atoms with Crippen LogP contribution >= 0.6 is 0 Å². The third-order valence-corrected chi connectivity index (χ3v) is 5.87. The molecule has 0 saturated carbocycles. The molecule has 0 spiro atoms. The third kappa shape index (κ3) is 19.1. The fourth-order valence-corrected chi connectivity index (χ4v) is 3.72. The van der Waals surface area contributed by atoms with Gasteiger partial charge in [0, 0.05) is 20.2 Å². The Hall–Kier alpha value is -1.36. The van der Waals surface area contributed by atoms with E-state index in [1.807, 2.05) is 6.08 Å². The van der Waals surface area contributed by atoms with E-state index in [2.05, 4.69) is 31.1 Å². The molecule has 31 heavy (non-hydrogen) atoms. The quantitative estimate of drug-likeness (QED) is 0.133. The van der Waals surface area contributed by atoms with Crippen molar-refractivity contribution in [3.05, 3.63) is 12.7 Å². The number of hydrogen-bond donors (Lipinski definition) is 2. The normalized spacial score (nSPS) is 12.9. The van der Waals surface area contributed by atoms with Gasteiger partial charge in [-0.15, -0.1) is 6.58 Å². The second-order valence-electron chi connectivity index (χ2n) is 8.84. The van der Waals surface area contributed by atoms with Gasteiger partial charge in [0.2, 0.25) is 0 Å². The van der Waals surface area contributed by atoms with Crippen LogP contribution in [0.25, 0.3) is 0 Å². The lowest BCUT2D eigenvalue weighted by molar-refractivity contribution is -0.138. The largest absolute Gasteiger partial charge is 0.374 e. The second-order valence-corrected chi connectivity index (χ2v) is 8.84. The maximum Gasteiger partial charge on any atom is 0.309 e. The molecule has 5 heteroatoms. The van der Waals surface area contributed by atoms with Crippen molar-refractivity contribution in [1.29, 1.82) is 0 Å². The molecule has 0 aliphatic rings. The molecule has 182 valence electrons. The van der Waals surface area contributed by atoms with Crippen molar-refractivity contribution in [2.75, 3.05) is 20.2 Å². The second kappa shape index (κ2) is 21.9. The highest BCUT2D eigenvalue weighted by Crippen LogP contribution is 2.18. The zero-order chi connectivity index (χ0) is 23.2. The minimum Gasteiger partial charge on any atom is -0.374 e. The third-order valence-electron chi connectivity index (χ3n) is 5.87. The molecule has 0 aliphatic heterocycles. The van der Waals surface area contributed by atoms with Crippen LogP contribution in [0, 0.1) is 5.92 Å². The Balaban J connectivity index is 3.38. The van der Waals surface area contributed by atoms with Gasteiger partial charge in [0.25, 0.3) is 0 Å². The summed E-state index contributed by atoms with van der Waals surface area (Å²) in [7, 11) is 1.47. The summed E-state index contributed by atoms with van der Waals surface area (Å²) in [5.41, 5.74) is 0. The standard InChI is InChI=1S/C26H50N2O3/c1-5-7-20-24(6-2)31-22-17-13-9-8-10-14-18-23(3)19-15-11-12-16-21-28-26(30)25(29)27-4/h6,23-24H,2,5,7-22H2,1,3-4H3,(H,27,29)(H,28,30). The van der Waals surface area contributed by atoms with Crippen molar-refractivity contribution in [1.82, 2.24) is 10.6 Å². The van der Waals surface area contributed by atoms with E-state index < -0.39 is 11.8 Å². The maximum atomic E-state index is 11.3. The Labute approximate surface area is 192 Å². The molecule has 2 amide bonds. The SMILES string of the molecule is C=CC(CCCC)OCCCCCCCCC(C)CCCCCCNC(=O)C(=O)NC. The molecule has 0 aromatic carbocycles. The molecule has 0 bridgehead atoms. The molecule has 0 radical (unpaired) electrons. The number of unbranched alkanes of at least 4 members (excludes halogenated alkanes) is 9. The lowest BCUT2D eigenvalue weighted by Gasteiger charge is -2.13. The Morgan fingerprint density at radius 3 is 2.00 bits per heavy atom. The van der Waals surface area contributed by atoms with Gasteiger partial charge in [0.1, 0.15) is 0 Å². The smallest absolute Gasteiger partial charge is 0.309 e. The van der Waals surface area contributed by atoms with Gasteiger partial charge in [-0.2, -0.15) is 0 Å². The van der Waals surface area contributed by atoms with Crippen LogP contribution in [0.15, 0.2) is 12.7 Å². The van der Waals surface area contributed by atoms with Crippen molar-refractivity contribution >= 4 is 11.8 Å². The highest BCUT2D eigenvalue weighted by Gasteiger charge is 2.09. The van der Waals surface area contributed by atoms with Crippen LogP contribution in [0.4, 0.5) is 0 Å². The number of carbonyl (C=O) groups excluding carboxylic acids is 2. The van der Waals surface area contributed by atoms with Crippen molar-refractivity contribution in [2.24, 2.45) is 5.92 Å². The molecule has 2 unspecified atom stereocenters. The summed E-state index contributed by atoms with van der Waals surface area (Å²) in [6.07, 6.45) is 20.7. The molecule has 0 rings (SSSR count). The summed E-state index contributed by atoms with van der Waals surface area (Å²) in [5.74, 6) is -0.296. The first-order valence-corrected chi connectivity index (χ1v) is 12.8. The predicted octanol–water partition coefficient (Wildman–Crippen LogP) is 5.93. The monoisotopic (exact) mass is 438 g/mol. The zero-order valence-corrected chi connectivity index (χ0v) is 20.7. The molecule has 0 saturated heterocycles. The molecule has 2 N–H and O–H groups in total. The first-order valence-electron chi connectivity index (χ1n) is 12.8. The van der Waals surface area contributed by atoms with E-state index in [0.29, 0.717) is 6.54 Å². The molecule has 5 nitrogen and oxygen atoms in total. The summed E-state index contributed by atoms with van der Waals surface area (Å²) >= 11 is 0. The first-order chi connectivity index (χ1) is 15.0. The zero-order valence-electron chi connectivity index (χ0n) is 20.7. The minimum atomic E-state index is -0.567. The van der Waals surface area contributed by atoms with Crippen LogP contribution in [0.3, 0.4) is 0 Å². The van der Waals surface area contributed by atoms with Crippen molar-refractivity contribution in [3.63, 3.8) is 0 Å². The molecular formula is C26H50N2O3. The van der Waals surface area contributed by atoms with Gasteiger partial charge in [-0.05, 0) is 25.2 Å². The van der Waals surface area contributed by atoms with Crippen LogP contribution in [-0.4, -0.2) is 38.1 Å². The predicted molar refractivity (Wildman–Crippen MR) is 131 cm³/mol. The van der Waals surface area contributed by atoms with Gasteiger partial charge in [-0.3, -0.25) is 9.59 Å². The van der Waals surface area contributed by atoms with Crippen LogP contribution in [0.2, 0.25) is 0 Å². The van der Waals surface area contributed by atoms with E-state index in [1.165, 1.54) is 84.1 Å². The van der Waals surface area contributed by atoms with Crippen LogP contribution in [-0.2, 0) is 14.3 Å². The summed E-state index contributed by atoms with van der Waals surface area (Å²) < 4.78 is 5.89. The number of nitrogens with one attached hydrogen (secondary N) is 2. The Bertz CT molecular complexity index is 454. The van der Waals surface area contributed by atoms with Crippen molar-refractivity contribution < 1.29 is 14.3 Å². The number of carbonyl (C=O) groups is 2. The van der Waals surface area contributed by atoms with Gasteiger partial charge in [-0.1, -0.05) is 97.0 Å². The highest BCUT2D eigenvalue weighted by atomic mass is 16.5. The number of likely N-dealkylation sites (N-methyl/N-ethyl adjacent to an activating group) is 1. The fourth-order valence-electron chi connectivity index (χ4n) is 3.72. The average molecular weight is 439 g/mol. The van der Waals surface area contributed by atoms with Gasteiger partial charge < -0.3 is 15.4 Å². The Kier molecular flexibility index (Phi) is 20.9. The molecular weight excluding hydrogens is 388 g/mol. The molecule has 0 aliphatic carbocycles. The first kappa shape index (κ1) is 29.6. The molecule has 0 heterocycles. The number of amides is 2. The topological polar surface area (TPSA) is 67.4 Å². The van der Waals surface area contributed by atoms with E-state index in [4.69, 9.17) is 4.74 Å². The van der Waals surface area contributed by atoms with Crippen LogP contribution in [0.1, 0.15) is 110 Å². The van der Waals surface area contributed by atoms with Gasteiger partial charge in [0.05, 0.1) is 6.10 Å². The molecule has 0 aromatic heterocycles. The summed E-state index contributed by atoms with van der Waals surface area (Å²) in [6.45, 7) is 9.92. The number of rotatable bonds is 21. The van der Waals surface area contributed by atoms with E-state index in [0.717, 1.165) is 31.8 Å². The maximum absolute atomic E-state index is 11.3. The lowest BCUT2D eigenvalue weighted by atomic mass is 9.96. The van der Waals surface area contributed by atoms with Gasteiger partial charge in [0.15, 0.2) is 0 Å². The van der Waals surface area contributed by atoms with E-state index in [1.54, 1.807) is 0 Å². The van der Waals surface area contributed by atoms with Gasteiger partial charge >= 0.3 is 11.8 Å². The summed E-state index contributed by atoms with van der Waals surface area (Å²) in [5, 5.41) is 4.97. The molecule has 2 atom stereocenters. The lowest BCUT2D eigenvalue weighted by Crippen LogP contribution is -2.38. The Morgan fingerprint density at radius 2 is 1.42 bits per heavy atom. The molecule has 0 aromatic rings. The van der Waals surface area contributed by atoms with E-state index in [-0.39, 0.29) is 6.10 Å². The van der Waals surface area contributed by atoms with Gasteiger partial charge in [-0.25, -0.2) is 0 Å². The van der Waals surface area contributed by atoms with E-state index >= 15 is 0 Å². The van der Waals surface area contributed by atoms with Crippen LogP contribution in [0.5, 0.6) is 0 Å². The fraction of sp³-hybridized carbons (Fsp3) is 0.846. The van der Waals surface area contributed by atoms with Crippen molar-refractivity contribution in [2.45, 2.75) is 116 Å².